The Morgan fingerprint density at radius 2 is 2.12 bits per heavy atom. The van der Waals surface area contributed by atoms with Crippen LogP contribution in [0.2, 0.25) is 0 Å². The second-order valence-corrected chi connectivity index (χ2v) is 6.96. The first-order valence-corrected chi connectivity index (χ1v) is 8.90. The van der Waals surface area contributed by atoms with Crippen LogP contribution in [0.1, 0.15) is 37.8 Å². The number of rotatable bonds is 5. The first-order valence-electron chi connectivity index (χ1n) is 8.90. The van der Waals surface area contributed by atoms with Crippen molar-refractivity contribution in [1.29, 1.82) is 5.26 Å². The molecule has 0 radical (unpaired) electrons. The molecule has 2 N–H and O–H groups in total. The standard InChI is InChI=1S/C19H28FN5/c1-14(2)13-25-8-6-17(7-9-25)24-19(22-3)23-12-16-5-4-15(11-21)10-18(16)20/h4-5,10,14,17H,6-9,12-13H2,1-3H3,(H2,22,23,24). The maximum atomic E-state index is 13.9. The number of halogens is 1. The molecule has 0 aliphatic carbocycles. The minimum atomic E-state index is -0.371. The van der Waals surface area contributed by atoms with Crippen LogP contribution in [0.3, 0.4) is 0 Å². The summed E-state index contributed by atoms with van der Waals surface area (Å²) in [5, 5.41) is 15.4. The van der Waals surface area contributed by atoms with Gasteiger partial charge in [0.1, 0.15) is 5.82 Å². The van der Waals surface area contributed by atoms with Gasteiger partial charge in [-0.1, -0.05) is 19.9 Å². The lowest BCUT2D eigenvalue weighted by atomic mass is 10.0. The largest absolute Gasteiger partial charge is 0.354 e. The molecule has 0 aromatic heterocycles. The molecule has 25 heavy (non-hydrogen) atoms. The van der Waals surface area contributed by atoms with E-state index in [2.05, 4.69) is 34.4 Å². The zero-order valence-electron chi connectivity index (χ0n) is 15.3. The zero-order chi connectivity index (χ0) is 18.2. The van der Waals surface area contributed by atoms with Gasteiger partial charge in [0.05, 0.1) is 11.6 Å². The molecule has 0 saturated carbocycles. The van der Waals surface area contributed by atoms with Crippen LogP contribution in [0, 0.1) is 23.1 Å². The number of guanidine groups is 1. The van der Waals surface area contributed by atoms with Gasteiger partial charge in [-0.2, -0.15) is 5.26 Å². The van der Waals surface area contributed by atoms with Crippen LogP contribution in [0.25, 0.3) is 0 Å². The number of aliphatic imine (C=N–C) groups is 1. The highest BCUT2D eigenvalue weighted by Crippen LogP contribution is 2.12. The van der Waals surface area contributed by atoms with E-state index in [4.69, 9.17) is 5.26 Å². The molecule has 2 rings (SSSR count). The van der Waals surface area contributed by atoms with Gasteiger partial charge in [-0.25, -0.2) is 4.39 Å². The first-order chi connectivity index (χ1) is 12.0. The van der Waals surface area contributed by atoms with Crippen LogP contribution >= 0.6 is 0 Å². The average Bonchev–Trinajstić information content (AvgIpc) is 2.60. The van der Waals surface area contributed by atoms with Gasteiger partial charge in [-0.15, -0.1) is 0 Å². The topological polar surface area (TPSA) is 63.5 Å². The van der Waals surface area contributed by atoms with Gasteiger partial charge >= 0.3 is 0 Å². The number of hydrogen-bond donors (Lipinski definition) is 2. The number of nitrogens with zero attached hydrogens (tertiary/aromatic N) is 3. The molecule has 1 aliphatic heterocycles. The average molecular weight is 345 g/mol. The Labute approximate surface area is 149 Å². The molecule has 1 aliphatic rings. The number of piperidine rings is 1. The van der Waals surface area contributed by atoms with Gasteiger partial charge in [0, 0.05) is 44.8 Å². The van der Waals surface area contributed by atoms with Crippen molar-refractivity contribution in [3.05, 3.63) is 35.1 Å². The van der Waals surface area contributed by atoms with Crippen molar-refractivity contribution in [3.8, 4) is 6.07 Å². The van der Waals surface area contributed by atoms with E-state index in [-0.39, 0.29) is 5.82 Å². The number of likely N-dealkylation sites (tertiary alicyclic amines) is 1. The monoisotopic (exact) mass is 345 g/mol. The summed E-state index contributed by atoms with van der Waals surface area (Å²) in [5.74, 6) is 1.01. The fourth-order valence-electron chi connectivity index (χ4n) is 3.10. The van der Waals surface area contributed by atoms with Crippen molar-refractivity contribution in [1.82, 2.24) is 15.5 Å². The van der Waals surface area contributed by atoms with Gasteiger partial charge in [-0.05, 0) is 30.9 Å². The number of hydrogen-bond acceptors (Lipinski definition) is 3. The van der Waals surface area contributed by atoms with Crippen LogP contribution in [-0.4, -0.2) is 43.6 Å². The first kappa shape index (κ1) is 19.2. The molecular formula is C19H28FN5. The summed E-state index contributed by atoms with van der Waals surface area (Å²) < 4.78 is 13.9. The Bertz CT molecular complexity index is 627. The van der Waals surface area contributed by atoms with Crippen molar-refractivity contribution in [2.75, 3.05) is 26.7 Å². The lowest BCUT2D eigenvalue weighted by Gasteiger charge is -2.34. The van der Waals surface area contributed by atoms with E-state index in [9.17, 15) is 4.39 Å². The number of benzene rings is 1. The SMILES string of the molecule is CN=C(NCc1ccc(C#N)cc1F)NC1CCN(CC(C)C)CC1. The van der Waals surface area contributed by atoms with E-state index in [1.807, 2.05) is 6.07 Å². The summed E-state index contributed by atoms with van der Waals surface area (Å²) in [7, 11) is 1.72. The molecule has 0 spiro atoms. The Morgan fingerprint density at radius 3 is 2.68 bits per heavy atom. The molecule has 6 heteroatoms. The third-order valence-corrected chi connectivity index (χ3v) is 4.40. The van der Waals surface area contributed by atoms with E-state index in [1.165, 1.54) is 6.07 Å². The van der Waals surface area contributed by atoms with Crippen LogP contribution < -0.4 is 10.6 Å². The molecule has 0 bridgehead atoms. The van der Waals surface area contributed by atoms with Crippen molar-refractivity contribution in [2.24, 2.45) is 10.9 Å². The molecule has 1 aromatic carbocycles. The molecule has 0 atom stereocenters. The van der Waals surface area contributed by atoms with E-state index >= 15 is 0 Å². The molecule has 0 amide bonds. The molecule has 1 heterocycles. The maximum Gasteiger partial charge on any atom is 0.191 e. The van der Waals surface area contributed by atoms with Gasteiger partial charge in [-0.3, -0.25) is 4.99 Å². The number of nitrogens with one attached hydrogen (secondary N) is 2. The highest BCUT2D eigenvalue weighted by Gasteiger charge is 2.20. The fraction of sp³-hybridized carbons (Fsp3) is 0.579. The van der Waals surface area contributed by atoms with E-state index in [0.29, 0.717) is 35.6 Å². The maximum absolute atomic E-state index is 13.9. The predicted molar refractivity (Wildman–Crippen MR) is 98.7 cm³/mol. The van der Waals surface area contributed by atoms with Crippen molar-refractivity contribution in [3.63, 3.8) is 0 Å². The fourth-order valence-corrected chi connectivity index (χ4v) is 3.10. The van der Waals surface area contributed by atoms with Gasteiger partial charge in [0.15, 0.2) is 5.96 Å². The smallest absolute Gasteiger partial charge is 0.191 e. The molecule has 1 saturated heterocycles. The number of nitriles is 1. The van der Waals surface area contributed by atoms with Crippen LogP contribution in [0.5, 0.6) is 0 Å². The highest BCUT2D eigenvalue weighted by atomic mass is 19.1. The predicted octanol–water partition coefficient (Wildman–Crippen LogP) is 2.48. The Balaban J connectivity index is 1.81. The third kappa shape index (κ3) is 6.02. The van der Waals surface area contributed by atoms with E-state index in [0.717, 1.165) is 32.5 Å². The van der Waals surface area contributed by atoms with Crippen molar-refractivity contribution >= 4 is 5.96 Å². The Morgan fingerprint density at radius 1 is 1.40 bits per heavy atom. The lowest BCUT2D eigenvalue weighted by molar-refractivity contribution is 0.187. The van der Waals surface area contributed by atoms with E-state index in [1.54, 1.807) is 19.2 Å². The van der Waals surface area contributed by atoms with Gasteiger partial charge in [0.25, 0.3) is 0 Å². The van der Waals surface area contributed by atoms with Crippen LogP contribution in [-0.2, 0) is 6.54 Å². The molecule has 1 aromatic rings. The minimum Gasteiger partial charge on any atom is -0.354 e. The molecule has 0 unspecified atom stereocenters. The second-order valence-electron chi connectivity index (χ2n) is 6.96. The summed E-state index contributed by atoms with van der Waals surface area (Å²) in [5.41, 5.74) is 0.852. The summed E-state index contributed by atoms with van der Waals surface area (Å²) in [6, 6.07) is 6.85. The van der Waals surface area contributed by atoms with Gasteiger partial charge < -0.3 is 15.5 Å². The molecular weight excluding hydrogens is 317 g/mol. The molecule has 1 fully saturated rings. The summed E-state index contributed by atoms with van der Waals surface area (Å²) in [6.45, 7) is 8.17. The zero-order valence-corrected chi connectivity index (χ0v) is 15.3. The normalized spacial score (nSPS) is 16.7. The highest BCUT2D eigenvalue weighted by molar-refractivity contribution is 5.79. The molecule has 5 nitrogen and oxygen atoms in total. The summed E-state index contributed by atoms with van der Waals surface area (Å²) >= 11 is 0. The summed E-state index contributed by atoms with van der Waals surface area (Å²) in [6.07, 6.45) is 2.16. The van der Waals surface area contributed by atoms with E-state index < -0.39 is 0 Å². The third-order valence-electron chi connectivity index (χ3n) is 4.40. The van der Waals surface area contributed by atoms with Gasteiger partial charge in [0.2, 0.25) is 0 Å². The lowest BCUT2D eigenvalue weighted by Crippen LogP contribution is -2.49. The van der Waals surface area contributed by atoms with Crippen molar-refractivity contribution in [2.45, 2.75) is 39.3 Å². The molecule has 136 valence electrons. The Hall–Kier alpha value is -2.13. The quantitative estimate of drug-likeness (QED) is 0.636. The summed E-state index contributed by atoms with van der Waals surface area (Å²) in [4.78, 5) is 6.74. The minimum absolute atomic E-state index is 0.330. The van der Waals surface area contributed by atoms with Crippen LogP contribution in [0.15, 0.2) is 23.2 Å². The Kier molecular flexibility index (Phi) is 7.20. The van der Waals surface area contributed by atoms with Crippen molar-refractivity contribution < 1.29 is 4.39 Å². The second kappa shape index (κ2) is 9.38. The van der Waals surface area contributed by atoms with Crippen LogP contribution in [0.4, 0.5) is 4.39 Å².